The van der Waals surface area contributed by atoms with Crippen LogP contribution in [0.1, 0.15) is 44.0 Å². The van der Waals surface area contributed by atoms with Crippen LogP contribution in [0.3, 0.4) is 0 Å². The highest BCUT2D eigenvalue weighted by Gasteiger charge is 2.25. The van der Waals surface area contributed by atoms with E-state index in [1.54, 1.807) is 4.80 Å². The van der Waals surface area contributed by atoms with E-state index in [-0.39, 0.29) is 0 Å². The van der Waals surface area contributed by atoms with Gasteiger partial charge in [-0.1, -0.05) is 0 Å². The van der Waals surface area contributed by atoms with E-state index in [9.17, 15) is 0 Å². The maximum atomic E-state index is 4.49. The average Bonchev–Trinajstić information content (AvgIpc) is 2.58. The van der Waals surface area contributed by atoms with Crippen LogP contribution < -0.4 is 0 Å². The number of hydrogen-bond donors (Lipinski definition) is 0. The van der Waals surface area contributed by atoms with E-state index in [0.717, 1.165) is 5.69 Å². The molecule has 2 rings (SSSR count). The van der Waals surface area contributed by atoms with Gasteiger partial charge >= 0.3 is 0 Å². The largest absolute Gasteiger partial charge is 0.301 e. The van der Waals surface area contributed by atoms with E-state index in [1.165, 1.54) is 31.6 Å². The van der Waals surface area contributed by atoms with Gasteiger partial charge in [0.2, 0.25) is 0 Å². The lowest BCUT2D eigenvalue weighted by Gasteiger charge is -2.34. The summed E-state index contributed by atoms with van der Waals surface area (Å²) >= 11 is 0. The lowest BCUT2D eigenvalue weighted by atomic mass is 9.92. The Kier molecular flexibility index (Phi) is 3.28. The van der Waals surface area contributed by atoms with Crippen molar-refractivity contribution in [3.05, 3.63) is 11.4 Å². The first-order chi connectivity index (χ1) is 7.58. The van der Waals surface area contributed by atoms with E-state index in [2.05, 4.69) is 35.9 Å². The predicted molar refractivity (Wildman–Crippen MR) is 64.4 cm³/mol. The van der Waals surface area contributed by atoms with Crippen molar-refractivity contribution < 1.29 is 0 Å². The minimum Gasteiger partial charge on any atom is -0.301 e. The van der Waals surface area contributed by atoms with Crippen molar-refractivity contribution in [2.24, 2.45) is 7.05 Å². The van der Waals surface area contributed by atoms with Crippen molar-refractivity contribution in [2.75, 3.05) is 13.1 Å². The zero-order valence-electron chi connectivity index (χ0n) is 10.8. The van der Waals surface area contributed by atoms with E-state index in [0.29, 0.717) is 12.0 Å². The first-order valence-electron chi connectivity index (χ1n) is 6.19. The monoisotopic (exact) mass is 222 g/mol. The summed E-state index contributed by atoms with van der Waals surface area (Å²) in [4.78, 5) is 4.24. The predicted octanol–water partition coefficient (Wildman–Crippen LogP) is 1.71. The molecule has 0 atom stereocenters. The summed E-state index contributed by atoms with van der Waals surface area (Å²) in [6.07, 6.45) is 2.44. The van der Waals surface area contributed by atoms with Crippen LogP contribution in [0, 0.1) is 6.92 Å². The number of rotatable bonds is 2. The van der Waals surface area contributed by atoms with Crippen LogP contribution in [0.15, 0.2) is 0 Å². The molecule has 1 fully saturated rings. The molecule has 0 bridgehead atoms. The van der Waals surface area contributed by atoms with Crippen LogP contribution in [0.2, 0.25) is 0 Å². The molecule has 0 saturated carbocycles. The van der Waals surface area contributed by atoms with Crippen LogP contribution in [0.5, 0.6) is 0 Å². The third kappa shape index (κ3) is 2.26. The quantitative estimate of drug-likeness (QED) is 0.764. The fraction of sp³-hybridized carbons (Fsp3) is 0.833. The molecule has 4 nitrogen and oxygen atoms in total. The second-order valence-electron chi connectivity index (χ2n) is 5.06. The van der Waals surface area contributed by atoms with Gasteiger partial charge in [-0.15, -0.1) is 0 Å². The molecule has 1 aromatic rings. The van der Waals surface area contributed by atoms with E-state index < -0.39 is 0 Å². The summed E-state index contributed by atoms with van der Waals surface area (Å²) in [5.74, 6) is 0.615. The van der Waals surface area contributed by atoms with Crippen molar-refractivity contribution >= 4 is 0 Å². The van der Waals surface area contributed by atoms with Crippen LogP contribution in [0.25, 0.3) is 0 Å². The zero-order chi connectivity index (χ0) is 11.7. The van der Waals surface area contributed by atoms with Crippen molar-refractivity contribution in [1.82, 2.24) is 19.9 Å². The smallest absolute Gasteiger partial charge is 0.0888 e. The number of aromatic nitrogens is 3. The lowest BCUT2D eigenvalue weighted by molar-refractivity contribution is 0.170. The Bertz CT molecular complexity index is 348. The van der Waals surface area contributed by atoms with Crippen molar-refractivity contribution in [1.29, 1.82) is 0 Å². The van der Waals surface area contributed by atoms with Gasteiger partial charge in [-0.25, -0.2) is 0 Å². The number of piperidine rings is 1. The molecule has 2 heterocycles. The summed E-state index contributed by atoms with van der Waals surface area (Å²) in [5.41, 5.74) is 2.32. The van der Waals surface area contributed by atoms with Gasteiger partial charge in [-0.05, 0) is 46.7 Å². The number of likely N-dealkylation sites (tertiary alicyclic amines) is 1. The third-order valence-electron chi connectivity index (χ3n) is 3.56. The summed E-state index contributed by atoms with van der Waals surface area (Å²) < 4.78 is 0. The molecule has 0 N–H and O–H groups in total. The minimum absolute atomic E-state index is 0.615. The summed E-state index contributed by atoms with van der Waals surface area (Å²) in [5, 5.41) is 8.82. The second-order valence-corrected chi connectivity index (χ2v) is 5.06. The van der Waals surface area contributed by atoms with Crippen LogP contribution in [0.4, 0.5) is 0 Å². The normalized spacial score (nSPS) is 19.6. The minimum atomic E-state index is 0.615. The third-order valence-corrected chi connectivity index (χ3v) is 3.56. The Hall–Kier alpha value is -0.900. The van der Waals surface area contributed by atoms with Crippen molar-refractivity contribution in [3.8, 4) is 0 Å². The van der Waals surface area contributed by atoms with Gasteiger partial charge < -0.3 is 4.90 Å². The maximum absolute atomic E-state index is 4.49. The Balaban J connectivity index is 2.01. The van der Waals surface area contributed by atoms with E-state index >= 15 is 0 Å². The fourth-order valence-corrected chi connectivity index (χ4v) is 2.59. The maximum Gasteiger partial charge on any atom is 0.0888 e. The molecule has 16 heavy (non-hydrogen) atoms. The van der Waals surface area contributed by atoms with Gasteiger partial charge in [0, 0.05) is 19.0 Å². The molecule has 0 amide bonds. The SMILES string of the molecule is Cc1nn(C)nc1C1CCN(C(C)C)CC1. The number of hydrogen-bond acceptors (Lipinski definition) is 3. The van der Waals surface area contributed by atoms with Gasteiger partial charge in [0.25, 0.3) is 0 Å². The van der Waals surface area contributed by atoms with Gasteiger partial charge in [0.1, 0.15) is 0 Å². The molecule has 90 valence electrons. The summed E-state index contributed by atoms with van der Waals surface area (Å²) in [6.45, 7) is 9.00. The first kappa shape index (κ1) is 11.6. The highest BCUT2D eigenvalue weighted by molar-refractivity contribution is 5.13. The first-order valence-corrected chi connectivity index (χ1v) is 6.19. The van der Waals surface area contributed by atoms with Crippen molar-refractivity contribution in [2.45, 2.75) is 45.6 Å². The topological polar surface area (TPSA) is 34.0 Å². The molecule has 0 aromatic carbocycles. The molecular formula is C12H22N4. The Morgan fingerprint density at radius 3 is 2.25 bits per heavy atom. The van der Waals surface area contributed by atoms with Crippen LogP contribution in [-0.2, 0) is 7.05 Å². The van der Waals surface area contributed by atoms with E-state index in [4.69, 9.17) is 0 Å². The molecule has 0 aliphatic carbocycles. The molecule has 1 aliphatic rings. The Morgan fingerprint density at radius 1 is 1.19 bits per heavy atom. The molecule has 0 radical (unpaired) electrons. The van der Waals surface area contributed by atoms with Crippen molar-refractivity contribution in [3.63, 3.8) is 0 Å². The van der Waals surface area contributed by atoms with Gasteiger partial charge in [0.05, 0.1) is 11.4 Å². The highest BCUT2D eigenvalue weighted by atomic mass is 15.5. The molecule has 4 heteroatoms. The lowest BCUT2D eigenvalue weighted by Crippen LogP contribution is -2.38. The number of aryl methyl sites for hydroxylation is 2. The highest BCUT2D eigenvalue weighted by Crippen LogP contribution is 2.28. The number of nitrogens with zero attached hydrogens (tertiary/aromatic N) is 4. The molecule has 1 saturated heterocycles. The summed E-state index contributed by atoms with van der Waals surface area (Å²) in [7, 11) is 1.90. The van der Waals surface area contributed by atoms with Gasteiger partial charge in [0.15, 0.2) is 0 Å². The van der Waals surface area contributed by atoms with Gasteiger partial charge in [-0.2, -0.15) is 15.0 Å². The van der Waals surface area contributed by atoms with Gasteiger partial charge in [-0.3, -0.25) is 0 Å². The molecule has 1 aliphatic heterocycles. The molecule has 1 aromatic heterocycles. The fourth-order valence-electron chi connectivity index (χ4n) is 2.59. The second kappa shape index (κ2) is 4.53. The zero-order valence-corrected chi connectivity index (χ0v) is 10.8. The summed E-state index contributed by atoms with van der Waals surface area (Å²) in [6, 6.07) is 0.670. The van der Waals surface area contributed by atoms with Crippen LogP contribution in [-0.4, -0.2) is 39.0 Å². The van der Waals surface area contributed by atoms with Crippen LogP contribution >= 0.6 is 0 Å². The van der Waals surface area contributed by atoms with E-state index in [1.807, 2.05) is 7.05 Å². The Labute approximate surface area is 97.6 Å². The average molecular weight is 222 g/mol. The standard InChI is InChI=1S/C12H22N4/c1-9(2)16-7-5-11(6-8-16)12-10(3)13-15(4)14-12/h9,11H,5-8H2,1-4H3. The molecular weight excluding hydrogens is 200 g/mol. The molecule has 0 unspecified atom stereocenters. The Morgan fingerprint density at radius 2 is 1.81 bits per heavy atom. The molecule has 0 spiro atoms.